The lowest BCUT2D eigenvalue weighted by atomic mass is 10.2. The Balaban J connectivity index is 3.23. The van der Waals surface area contributed by atoms with Gasteiger partial charge in [-0.25, -0.2) is 4.98 Å². The fourth-order valence-electron chi connectivity index (χ4n) is 1.04. The molecular formula is C8H8ClN3O3. The lowest BCUT2D eigenvalue weighted by molar-refractivity contribution is -0.385. The van der Waals surface area contributed by atoms with Crippen molar-refractivity contribution in [2.75, 3.05) is 6.54 Å². The summed E-state index contributed by atoms with van der Waals surface area (Å²) in [5, 5.41) is 12.8. The van der Waals surface area contributed by atoms with Crippen molar-refractivity contribution in [3.63, 3.8) is 0 Å². The monoisotopic (exact) mass is 229 g/mol. The van der Waals surface area contributed by atoms with E-state index in [1.54, 1.807) is 6.92 Å². The van der Waals surface area contributed by atoms with Gasteiger partial charge in [-0.1, -0.05) is 11.6 Å². The lowest BCUT2D eigenvalue weighted by Gasteiger charge is -2.03. The number of carbonyl (C=O) groups is 1. The zero-order valence-corrected chi connectivity index (χ0v) is 8.61. The summed E-state index contributed by atoms with van der Waals surface area (Å²) in [4.78, 5) is 24.9. The zero-order valence-electron chi connectivity index (χ0n) is 7.86. The molecule has 0 aromatic carbocycles. The summed E-state index contributed by atoms with van der Waals surface area (Å²) in [6.07, 6.45) is 1.25. The summed E-state index contributed by atoms with van der Waals surface area (Å²) >= 11 is 5.54. The standard InChI is InChI=1S/C8H8ClN3O3/c1-2-10-8(13)5-3-4-11-7(9)6(5)12(14)15/h3-4H,2H2,1H3,(H,10,13). The molecule has 0 aliphatic rings. The molecule has 0 aliphatic carbocycles. The van der Waals surface area contributed by atoms with Gasteiger partial charge >= 0.3 is 5.69 Å². The van der Waals surface area contributed by atoms with Crippen molar-refractivity contribution in [2.45, 2.75) is 6.92 Å². The fourth-order valence-corrected chi connectivity index (χ4v) is 1.27. The van der Waals surface area contributed by atoms with Crippen molar-refractivity contribution in [1.82, 2.24) is 10.3 Å². The first kappa shape index (κ1) is 11.4. The highest BCUT2D eigenvalue weighted by molar-refractivity contribution is 6.32. The maximum absolute atomic E-state index is 11.4. The van der Waals surface area contributed by atoms with Crippen LogP contribution >= 0.6 is 11.6 Å². The van der Waals surface area contributed by atoms with Crippen LogP contribution in [0.3, 0.4) is 0 Å². The van der Waals surface area contributed by atoms with E-state index in [-0.39, 0.29) is 10.7 Å². The normalized spacial score (nSPS) is 9.73. The third-order valence-electron chi connectivity index (χ3n) is 1.64. The molecule has 15 heavy (non-hydrogen) atoms. The van der Waals surface area contributed by atoms with Crippen LogP contribution in [-0.2, 0) is 0 Å². The minimum Gasteiger partial charge on any atom is -0.352 e. The Morgan fingerprint density at radius 1 is 1.73 bits per heavy atom. The molecule has 1 heterocycles. The predicted octanol–water partition coefficient (Wildman–Crippen LogP) is 1.39. The Bertz CT molecular complexity index is 408. The molecule has 0 radical (unpaired) electrons. The van der Waals surface area contributed by atoms with E-state index in [2.05, 4.69) is 10.3 Å². The summed E-state index contributed by atoms with van der Waals surface area (Å²) in [5.74, 6) is -0.534. The maximum atomic E-state index is 11.4. The highest BCUT2D eigenvalue weighted by Crippen LogP contribution is 2.25. The van der Waals surface area contributed by atoms with E-state index in [0.717, 1.165) is 0 Å². The minimum absolute atomic E-state index is 0.0816. The number of amides is 1. The molecule has 0 unspecified atom stereocenters. The topological polar surface area (TPSA) is 85.1 Å². The van der Waals surface area contributed by atoms with Gasteiger partial charge in [0.1, 0.15) is 5.56 Å². The molecule has 1 amide bonds. The number of halogens is 1. The van der Waals surface area contributed by atoms with E-state index >= 15 is 0 Å². The largest absolute Gasteiger partial charge is 0.352 e. The molecule has 1 rings (SSSR count). The minimum atomic E-state index is -0.722. The fraction of sp³-hybridized carbons (Fsp3) is 0.250. The molecule has 1 aromatic rings. The molecule has 0 atom stereocenters. The molecule has 0 saturated heterocycles. The second kappa shape index (κ2) is 4.70. The first-order chi connectivity index (χ1) is 7.07. The first-order valence-electron chi connectivity index (χ1n) is 4.15. The molecule has 80 valence electrons. The number of nitro groups is 1. The summed E-state index contributed by atoms with van der Waals surface area (Å²) in [6, 6.07) is 1.26. The number of hydrogen-bond donors (Lipinski definition) is 1. The number of pyridine rings is 1. The van der Waals surface area contributed by atoms with Gasteiger partial charge in [0.25, 0.3) is 5.91 Å². The SMILES string of the molecule is CCNC(=O)c1ccnc(Cl)c1[N+](=O)[O-]. The third kappa shape index (κ3) is 2.41. The second-order valence-electron chi connectivity index (χ2n) is 2.61. The third-order valence-corrected chi connectivity index (χ3v) is 1.92. The van der Waals surface area contributed by atoms with Crippen LogP contribution in [0.4, 0.5) is 5.69 Å². The Kier molecular flexibility index (Phi) is 3.56. The van der Waals surface area contributed by atoms with Gasteiger partial charge in [0.15, 0.2) is 0 Å². The smallest absolute Gasteiger partial charge is 0.319 e. The molecule has 1 N–H and O–H groups in total. The Hall–Kier alpha value is -1.69. The maximum Gasteiger partial charge on any atom is 0.319 e. The summed E-state index contributed by atoms with van der Waals surface area (Å²) < 4.78 is 0. The summed E-state index contributed by atoms with van der Waals surface area (Å²) in [7, 11) is 0. The number of nitrogens with zero attached hydrogens (tertiary/aromatic N) is 2. The van der Waals surface area contributed by atoms with Gasteiger partial charge in [-0.15, -0.1) is 0 Å². The van der Waals surface area contributed by atoms with Crippen LogP contribution in [0.25, 0.3) is 0 Å². The van der Waals surface area contributed by atoms with Gasteiger partial charge in [-0.3, -0.25) is 14.9 Å². The van der Waals surface area contributed by atoms with Gasteiger partial charge in [0.05, 0.1) is 4.92 Å². The first-order valence-corrected chi connectivity index (χ1v) is 4.52. The van der Waals surface area contributed by atoms with Crippen molar-refractivity contribution < 1.29 is 9.72 Å². The van der Waals surface area contributed by atoms with Crippen molar-refractivity contribution in [3.05, 3.63) is 33.1 Å². The van der Waals surface area contributed by atoms with Crippen LogP contribution in [0.2, 0.25) is 5.15 Å². The van der Waals surface area contributed by atoms with E-state index in [0.29, 0.717) is 6.54 Å². The lowest BCUT2D eigenvalue weighted by Crippen LogP contribution is -2.23. The number of carbonyl (C=O) groups excluding carboxylic acids is 1. The number of aromatic nitrogens is 1. The number of hydrogen-bond acceptors (Lipinski definition) is 4. The van der Waals surface area contributed by atoms with E-state index in [1.165, 1.54) is 12.3 Å². The van der Waals surface area contributed by atoms with Gasteiger partial charge < -0.3 is 5.32 Å². The van der Waals surface area contributed by atoms with E-state index in [4.69, 9.17) is 11.6 Å². The molecule has 6 nitrogen and oxygen atoms in total. The highest BCUT2D eigenvalue weighted by atomic mass is 35.5. The average molecular weight is 230 g/mol. The van der Waals surface area contributed by atoms with Gasteiger partial charge in [0, 0.05) is 12.7 Å². The van der Waals surface area contributed by atoms with Crippen molar-refractivity contribution in [2.24, 2.45) is 0 Å². The van der Waals surface area contributed by atoms with E-state index in [1.807, 2.05) is 0 Å². The highest BCUT2D eigenvalue weighted by Gasteiger charge is 2.24. The molecule has 0 aliphatic heterocycles. The van der Waals surface area contributed by atoms with E-state index in [9.17, 15) is 14.9 Å². The molecule has 0 bridgehead atoms. The van der Waals surface area contributed by atoms with Gasteiger partial charge in [0.2, 0.25) is 5.15 Å². The summed E-state index contributed by atoms with van der Waals surface area (Å²) in [5.41, 5.74) is -0.549. The van der Waals surface area contributed by atoms with Crippen LogP contribution in [0.5, 0.6) is 0 Å². The molecule has 1 aromatic heterocycles. The average Bonchev–Trinajstić information content (AvgIpc) is 2.17. The van der Waals surface area contributed by atoms with Gasteiger partial charge in [-0.2, -0.15) is 0 Å². The van der Waals surface area contributed by atoms with Crippen LogP contribution < -0.4 is 5.32 Å². The van der Waals surface area contributed by atoms with Crippen LogP contribution in [-0.4, -0.2) is 22.4 Å². The molecular weight excluding hydrogens is 222 g/mol. The number of nitrogens with one attached hydrogen (secondary N) is 1. The Morgan fingerprint density at radius 3 is 2.93 bits per heavy atom. The van der Waals surface area contributed by atoms with E-state index < -0.39 is 16.5 Å². The molecule has 0 fully saturated rings. The Labute approximate surface area is 90.4 Å². The summed E-state index contributed by atoms with van der Waals surface area (Å²) in [6.45, 7) is 2.10. The predicted molar refractivity (Wildman–Crippen MR) is 53.9 cm³/mol. The zero-order chi connectivity index (χ0) is 11.4. The van der Waals surface area contributed by atoms with Crippen molar-refractivity contribution in [1.29, 1.82) is 0 Å². The number of rotatable bonds is 3. The van der Waals surface area contributed by atoms with Crippen LogP contribution in [0.1, 0.15) is 17.3 Å². The van der Waals surface area contributed by atoms with Crippen LogP contribution in [0.15, 0.2) is 12.3 Å². The molecule has 7 heteroatoms. The van der Waals surface area contributed by atoms with Gasteiger partial charge in [-0.05, 0) is 13.0 Å². The molecule has 0 spiro atoms. The van der Waals surface area contributed by atoms with Crippen molar-refractivity contribution in [3.8, 4) is 0 Å². The second-order valence-corrected chi connectivity index (χ2v) is 2.97. The molecule has 0 saturated carbocycles. The van der Waals surface area contributed by atoms with Crippen LogP contribution in [0, 0.1) is 10.1 Å². The quantitative estimate of drug-likeness (QED) is 0.482. The van der Waals surface area contributed by atoms with Crippen molar-refractivity contribution >= 4 is 23.2 Å². The Morgan fingerprint density at radius 2 is 2.40 bits per heavy atom.